The van der Waals surface area contributed by atoms with Crippen molar-refractivity contribution in [3.8, 4) is 0 Å². The fourth-order valence-electron chi connectivity index (χ4n) is 3.09. The molecule has 0 aromatic carbocycles. The molecule has 1 N–H and O–H groups in total. The first-order valence-electron chi connectivity index (χ1n) is 8.33. The van der Waals surface area contributed by atoms with Gasteiger partial charge in [-0.25, -0.2) is 18.2 Å². The van der Waals surface area contributed by atoms with E-state index in [9.17, 15) is 21.6 Å². The molecule has 9 nitrogen and oxygen atoms in total. The summed E-state index contributed by atoms with van der Waals surface area (Å²) >= 11 is 0. The Morgan fingerprint density at radius 2 is 1.96 bits per heavy atom. The molecule has 0 bridgehead atoms. The fraction of sp³-hybridized carbons (Fsp3) is 0.667. The van der Waals surface area contributed by atoms with Crippen LogP contribution < -0.4 is 4.90 Å². The zero-order valence-corrected chi connectivity index (χ0v) is 15.9. The van der Waals surface area contributed by atoms with Crippen molar-refractivity contribution in [1.82, 2.24) is 14.3 Å². The quantitative estimate of drug-likeness (QED) is 0.737. The number of piperidine rings is 1. The maximum atomic E-state index is 11.8. The third kappa shape index (κ3) is 6.01. The molecule has 1 unspecified atom stereocenters. The Hall–Kier alpha value is -1.99. The van der Waals surface area contributed by atoms with Gasteiger partial charge in [-0.2, -0.15) is 17.5 Å². The van der Waals surface area contributed by atoms with Crippen LogP contribution in [0.2, 0.25) is 0 Å². The second-order valence-corrected chi connectivity index (χ2v) is 8.50. The van der Waals surface area contributed by atoms with Gasteiger partial charge < -0.3 is 14.7 Å². The van der Waals surface area contributed by atoms with E-state index in [1.807, 2.05) is 0 Å². The van der Waals surface area contributed by atoms with Gasteiger partial charge in [0.15, 0.2) is 0 Å². The smallest absolute Gasteiger partial charge is 0.475 e. The van der Waals surface area contributed by atoms with Gasteiger partial charge in [0, 0.05) is 38.6 Å². The molecule has 3 rings (SSSR count). The molecule has 2 fully saturated rings. The number of sulfonamides is 1. The van der Waals surface area contributed by atoms with Crippen LogP contribution in [-0.4, -0.2) is 84.6 Å². The van der Waals surface area contributed by atoms with Gasteiger partial charge in [0.25, 0.3) is 0 Å². The molecule has 0 saturated carbocycles. The lowest BCUT2D eigenvalue weighted by molar-refractivity contribution is -0.192. The minimum absolute atomic E-state index is 0.419. The summed E-state index contributed by atoms with van der Waals surface area (Å²) in [5.41, 5.74) is -0.433. The van der Waals surface area contributed by atoms with E-state index in [0.29, 0.717) is 26.2 Å². The summed E-state index contributed by atoms with van der Waals surface area (Å²) in [7, 11) is -3.18. The molecule has 1 aromatic heterocycles. The van der Waals surface area contributed by atoms with Crippen LogP contribution in [0.3, 0.4) is 0 Å². The highest BCUT2D eigenvalue weighted by Gasteiger charge is 2.43. The minimum atomic E-state index is -5.08. The first-order chi connectivity index (χ1) is 12.9. The van der Waals surface area contributed by atoms with E-state index in [1.54, 1.807) is 18.6 Å². The molecule has 3 heterocycles. The number of morpholine rings is 1. The van der Waals surface area contributed by atoms with Gasteiger partial charge in [0.1, 0.15) is 5.82 Å². The predicted octanol–water partition coefficient (Wildman–Crippen LogP) is 0.741. The predicted molar refractivity (Wildman–Crippen MR) is 92.3 cm³/mol. The summed E-state index contributed by atoms with van der Waals surface area (Å²) in [5.74, 6) is -1.94. The zero-order valence-electron chi connectivity index (χ0n) is 15.1. The number of anilines is 1. The summed E-state index contributed by atoms with van der Waals surface area (Å²) in [5, 5.41) is 7.12. The SMILES string of the molecule is CS(=O)(=O)N1CCOC2(CCCN(c3cnccn3)C2)C1.O=C(O)C(F)(F)F. The van der Waals surface area contributed by atoms with Crippen molar-refractivity contribution < 1.29 is 36.2 Å². The zero-order chi connectivity index (χ0) is 21.0. The summed E-state index contributed by atoms with van der Waals surface area (Å²) in [4.78, 5) is 19.4. The Morgan fingerprint density at radius 1 is 1.29 bits per heavy atom. The first-order valence-corrected chi connectivity index (χ1v) is 10.2. The molecule has 0 amide bonds. The molecule has 0 aliphatic carbocycles. The number of hydrogen-bond acceptors (Lipinski definition) is 7. The van der Waals surface area contributed by atoms with Gasteiger partial charge in [-0.05, 0) is 12.8 Å². The Labute approximate surface area is 160 Å². The number of nitrogens with zero attached hydrogens (tertiary/aromatic N) is 4. The highest BCUT2D eigenvalue weighted by Crippen LogP contribution is 2.31. The number of carboxylic acids is 1. The van der Waals surface area contributed by atoms with Gasteiger partial charge in [-0.15, -0.1) is 0 Å². The topological polar surface area (TPSA) is 113 Å². The summed E-state index contributed by atoms with van der Waals surface area (Å²) in [6.45, 7) is 2.84. The minimum Gasteiger partial charge on any atom is -0.475 e. The van der Waals surface area contributed by atoms with Crippen molar-refractivity contribution in [3.63, 3.8) is 0 Å². The lowest BCUT2D eigenvalue weighted by Gasteiger charge is -2.47. The molecular weight excluding hydrogens is 405 g/mol. The molecule has 2 saturated heterocycles. The van der Waals surface area contributed by atoms with Crippen LogP contribution in [0, 0.1) is 0 Å². The maximum absolute atomic E-state index is 11.8. The number of hydrogen-bond donors (Lipinski definition) is 1. The highest BCUT2D eigenvalue weighted by molar-refractivity contribution is 7.88. The Kier molecular flexibility index (Phi) is 6.83. The van der Waals surface area contributed by atoms with Crippen molar-refractivity contribution in [2.75, 3.05) is 43.9 Å². The van der Waals surface area contributed by atoms with Crippen molar-refractivity contribution in [2.45, 2.75) is 24.6 Å². The van der Waals surface area contributed by atoms with Crippen molar-refractivity contribution >= 4 is 21.8 Å². The van der Waals surface area contributed by atoms with Crippen molar-refractivity contribution in [2.24, 2.45) is 0 Å². The molecule has 28 heavy (non-hydrogen) atoms. The third-order valence-electron chi connectivity index (χ3n) is 4.34. The van der Waals surface area contributed by atoms with Crippen LogP contribution in [-0.2, 0) is 19.6 Å². The molecule has 13 heteroatoms. The third-order valence-corrected chi connectivity index (χ3v) is 5.59. The number of halogens is 3. The fourth-order valence-corrected chi connectivity index (χ4v) is 3.96. The molecule has 1 aromatic rings. The molecule has 0 radical (unpaired) electrons. The van der Waals surface area contributed by atoms with Crippen LogP contribution in [0.5, 0.6) is 0 Å². The van der Waals surface area contributed by atoms with E-state index in [4.69, 9.17) is 14.6 Å². The van der Waals surface area contributed by atoms with E-state index in [2.05, 4.69) is 14.9 Å². The number of alkyl halides is 3. The van der Waals surface area contributed by atoms with E-state index in [-0.39, 0.29) is 0 Å². The monoisotopic (exact) mass is 426 g/mol. The van der Waals surface area contributed by atoms with Crippen LogP contribution in [0.25, 0.3) is 0 Å². The van der Waals surface area contributed by atoms with Gasteiger partial charge >= 0.3 is 12.1 Å². The van der Waals surface area contributed by atoms with Crippen LogP contribution in [0.1, 0.15) is 12.8 Å². The molecule has 158 valence electrons. The largest absolute Gasteiger partial charge is 0.490 e. The van der Waals surface area contributed by atoms with E-state index in [1.165, 1.54) is 10.6 Å². The van der Waals surface area contributed by atoms with E-state index in [0.717, 1.165) is 25.2 Å². The lowest BCUT2D eigenvalue weighted by atomic mass is 9.91. The Bertz CT molecular complexity index is 774. The first kappa shape index (κ1) is 22.3. The van der Waals surface area contributed by atoms with Crippen molar-refractivity contribution in [3.05, 3.63) is 18.6 Å². The summed E-state index contributed by atoms with van der Waals surface area (Å²) < 4.78 is 62.8. The molecule has 1 spiro atoms. The number of rotatable bonds is 2. The summed E-state index contributed by atoms with van der Waals surface area (Å²) in [6, 6.07) is 0. The normalized spacial score (nSPS) is 23.8. The Balaban J connectivity index is 0.000000345. The Morgan fingerprint density at radius 3 is 2.50 bits per heavy atom. The summed E-state index contributed by atoms with van der Waals surface area (Å²) in [6.07, 6.45) is 3.04. The average Bonchev–Trinajstić information content (AvgIpc) is 2.61. The van der Waals surface area contributed by atoms with Gasteiger partial charge in [-0.1, -0.05) is 0 Å². The molecular formula is C15H21F3N4O5S. The second-order valence-electron chi connectivity index (χ2n) is 6.52. The number of carboxylic acid groups (broad SMARTS) is 1. The number of carbonyl (C=O) groups is 1. The van der Waals surface area contributed by atoms with E-state index >= 15 is 0 Å². The standard InChI is InChI=1S/C13H20N4O3S.C2HF3O2/c1-21(18,19)17-7-8-20-13(11-17)3-2-6-16(10-13)12-9-14-4-5-15-12;3-2(4,5)1(6)7/h4-5,9H,2-3,6-8,10-11H2,1H3;(H,6,7). The maximum Gasteiger partial charge on any atom is 0.490 e. The van der Waals surface area contributed by atoms with E-state index < -0.39 is 27.8 Å². The number of aromatic nitrogens is 2. The second kappa shape index (κ2) is 8.57. The van der Waals surface area contributed by atoms with Gasteiger partial charge in [0.05, 0.1) is 24.7 Å². The molecule has 2 aliphatic rings. The van der Waals surface area contributed by atoms with Crippen LogP contribution in [0.15, 0.2) is 18.6 Å². The van der Waals surface area contributed by atoms with Gasteiger partial charge in [-0.3, -0.25) is 4.98 Å². The number of ether oxygens (including phenoxy) is 1. The number of aliphatic carboxylic acids is 1. The van der Waals surface area contributed by atoms with Crippen LogP contribution in [0.4, 0.5) is 19.0 Å². The molecule has 1 atom stereocenters. The molecule has 2 aliphatic heterocycles. The van der Waals surface area contributed by atoms with Crippen molar-refractivity contribution in [1.29, 1.82) is 0 Å². The van der Waals surface area contributed by atoms with Crippen LogP contribution >= 0.6 is 0 Å². The van der Waals surface area contributed by atoms with Gasteiger partial charge in [0.2, 0.25) is 10.0 Å². The highest BCUT2D eigenvalue weighted by atomic mass is 32.2. The average molecular weight is 426 g/mol. The lowest BCUT2D eigenvalue weighted by Crippen LogP contribution is -2.60.